The van der Waals surface area contributed by atoms with Crippen LogP contribution >= 0.6 is 0 Å². The number of aryl methyl sites for hydroxylation is 3. The van der Waals surface area contributed by atoms with E-state index in [4.69, 9.17) is 4.98 Å². The molecule has 0 saturated heterocycles. The Morgan fingerprint density at radius 1 is 0.921 bits per heavy atom. The minimum atomic E-state index is -0.417. The van der Waals surface area contributed by atoms with Crippen LogP contribution in [0.25, 0.3) is 22.0 Å². The third-order valence-corrected chi connectivity index (χ3v) is 6.93. The standard InChI is InChI=1S/C23H26N.C11H20O2.Ir/c1-7-23(5,6)19-8-9-20-21(13-19)17(4)14-24-22(20)18-11-15(2)10-16(3)12-18;1-10(2,3)8(12)7-9(13)11(4,5)6;/h8-11,13-14H,7H2,1-6H3;7,12H,1-6H3;/q-1;;/b;8-7-;. The summed E-state index contributed by atoms with van der Waals surface area (Å²) in [6.07, 6.45) is 4.45. The molecule has 0 fully saturated rings. The van der Waals surface area contributed by atoms with Gasteiger partial charge in [0.05, 0.1) is 0 Å². The monoisotopic (exact) mass is 693 g/mol. The molecule has 0 spiro atoms. The molecule has 3 aromatic rings. The first-order valence-corrected chi connectivity index (χ1v) is 13.2. The molecule has 3 rings (SSSR count). The van der Waals surface area contributed by atoms with Crippen LogP contribution in [0.4, 0.5) is 0 Å². The minimum Gasteiger partial charge on any atom is -0.512 e. The maximum atomic E-state index is 11.5. The van der Waals surface area contributed by atoms with E-state index in [1.807, 2.05) is 47.7 Å². The van der Waals surface area contributed by atoms with Gasteiger partial charge in [0.15, 0.2) is 5.78 Å². The number of rotatable bonds is 4. The van der Waals surface area contributed by atoms with E-state index < -0.39 is 5.41 Å². The first-order valence-electron chi connectivity index (χ1n) is 13.2. The second kappa shape index (κ2) is 12.7. The SMILES string of the molecule is CC(C)(C)C(=O)/C=C(\O)C(C)(C)C.CCC(C)(C)c1ccc2c(-c3[c-]c(C)cc(C)c3)ncc(C)c2c1.[Ir]. The van der Waals surface area contributed by atoms with Gasteiger partial charge in [-0.3, -0.25) is 4.79 Å². The van der Waals surface area contributed by atoms with Crippen LogP contribution in [-0.4, -0.2) is 15.9 Å². The Hall–Kier alpha value is -2.29. The molecule has 0 atom stereocenters. The van der Waals surface area contributed by atoms with Gasteiger partial charge in [0.1, 0.15) is 5.76 Å². The van der Waals surface area contributed by atoms with Gasteiger partial charge >= 0.3 is 0 Å². The summed E-state index contributed by atoms with van der Waals surface area (Å²) in [7, 11) is 0. The number of hydrogen-bond acceptors (Lipinski definition) is 3. The molecule has 0 aliphatic carbocycles. The minimum absolute atomic E-state index is 0. The van der Waals surface area contributed by atoms with Gasteiger partial charge in [0.2, 0.25) is 0 Å². The summed E-state index contributed by atoms with van der Waals surface area (Å²) >= 11 is 0. The summed E-state index contributed by atoms with van der Waals surface area (Å²) in [6, 6.07) is 14.6. The van der Waals surface area contributed by atoms with Crippen molar-refractivity contribution >= 4 is 16.6 Å². The fourth-order valence-corrected chi connectivity index (χ4v) is 3.80. The number of pyridine rings is 1. The van der Waals surface area contributed by atoms with Gasteiger partial charge < -0.3 is 10.1 Å². The molecular formula is C34H46IrNO2-. The molecular weight excluding hydrogens is 647 g/mol. The van der Waals surface area contributed by atoms with E-state index in [9.17, 15) is 9.90 Å². The number of fused-ring (bicyclic) bond motifs is 1. The smallest absolute Gasteiger partial charge is 0.164 e. The number of nitrogens with zero attached hydrogens (tertiary/aromatic N) is 1. The van der Waals surface area contributed by atoms with Crippen LogP contribution in [0.2, 0.25) is 0 Å². The Bertz CT molecular complexity index is 1280. The van der Waals surface area contributed by atoms with Crippen molar-refractivity contribution < 1.29 is 30.0 Å². The van der Waals surface area contributed by atoms with E-state index in [1.54, 1.807) is 0 Å². The van der Waals surface area contributed by atoms with Crippen molar-refractivity contribution in [3.05, 3.63) is 76.7 Å². The number of carbonyl (C=O) groups is 1. The summed E-state index contributed by atoms with van der Waals surface area (Å²) in [5.41, 5.74) is 6.57. The first-order chi connectivity index (χ1) is 16.9. The van der Waals surface area contributed by atoms with E-state index in [0.29, 0.717) is 0 Å². The predicted octanol–water partition coefficient (Wildman–Crippen LogP) is 9.40. The molecule has 1 radical (unpaired) electrons. The van der Waals surface area contributed by atoms with E-state index in [2.05, 4.69) is 77.9 Å². The topological polar surface area (TPSA) is 50.2 Å². The Labute approximate surface area is 244 Å². The number of allylic oxidation sites excluding steroid dienone is 2. The first kappa shape index (κ1) is 33.7. The van der Waals surface area contributed by atoms with Crippen molar-refractivity contribution in [2.45, 2.75) is 94.9 Å². The van der Waals surface area contributed by atoms with E-state index >= 15 is 0 Å². The molecule has 0 bridgehead atoms. The predicted molar refractivity (Wildman–Crippen MR) is 158 cm³/mol. The number of ketones is 1. The van der Waals surface area contributed by atoms with Crippen LogP contribution in [0.1, 0.15) is 91.0 Å². The van der Waals surface area contributed by atoms with E-state index in [0.717, 1.165) is 23.2 Å². The molecule has 3 nitrogen and oxygen atoms in total. The number of hydrogen-bond donors (Lipinski definition) is 1. The van der Waals surface area contributed by atoms with Crippen LogP contribution in [0.5, 0.6) is 0 Å². The Kier molecular flexibility index (Phi) is 11.3. The van der Waals surface area contributed by atoms with Gasteiger partial charge in [0, 0.05) is 43.2 Å². The van der Waals surface area contributed by atoms with Gasteiger partial charge in [-0.15, -0.1) is 34.9 Å². The molecule has 0 amide bonds. The molecule has 1 N–H and O–H groups in total. The van der Waals surface area contributed by atoms with Crippen LogP contribution in [0.3, 0.4) is 0 Å². The zero-order chi connectivity index (χ0) is 28.3. The second-order valence-electron chi connectivity index (χ2n) is 12.9. The molecule has 0 aliphatic heterocycles. The van der Waals surface area contributed by atoms with Gasteiger partial charge in [-0.05, 0) is 46.4 Å². The summed E-state index contributed by atoms with van der Waals surface area (Å²) in [6.45, 7) is 24.3. The van der Waals surface area contributed by atoms with Crippen LogP contribution in [0.15, 0.2) is 48.4 Å². The second-order valence-corrected chi connectivity index (χ2v) is 12.9. The van der Waals surface area contributed by atoms with E-state index in [-0.39, 0.29) is 42.5 Å². The molecule has 209 valence electrons. The maximum Gasteiger partial charge on any atom is 0.164 e. The van der Waals surface area contributed by atoms with E-state index in [1.165, 1.54) is 33.5 Å². The Balaban J connectivity index is 0.000000444. The van der Waals surface area contributed by atoms with Crippen molar-refractivity contribution in [1.29, 1.82) is 0 Å². The van der Waals surface area contributed by atoms with Gasteiger partial charge in [-0.2, -0.15) is 0 Å². The molecule has 1 heterocycles. The van der Waals surface area contributed by atoms with Gasteiger partial charge in [0.25, 0.3) is 0 Å². The molecule has 1 aromatic heterocycles. The fourth-order valence-electron chi connectivity index (χ4n) is 3.80. The number of carbonyl (C=O) groups excluding carboxylic acids is 1. The number of aliphatic hydroxyl groups is 1. The van der Waals surface area contributed by atoms with Gasteiger partial charge in [-0.25, -0.2) is 0 Å². The summed E-state index contributed by atoms with van der Waals surface area (Å²) < 4.78 is 0. The number of aromatic nitrogens is 1. The molecule has 0 unspecified atom stereocenters. The van der Waals surface area contributed by atoms with Crippen molar-refractivity contribution in [3.8, 4) is 11.3 Å². The van der Waals surface area contributed by atoms with Crippen molar-refractivity contribution in [1.82, 2.24) is 4.98 Å². The third kappa shape index (κ3) is 8.61. The van der Waals surface area contributed by atoms with Crippen molar-refractivity contribution in [2.75, 3.05) is 0 Å². The molecule has 0 aliphatic rings. The quantitative estimate of drug-likeness (QED) is 0.168. The number of aliphatic hydroxyl groups excluding tert-OH is 1. The largest absolute Gasteiger partial charge is 0.512 e. The summed E-state index contributed by atoms with van der Waals surface area (Å²) in [5.74, 6) is 0.104. The fraction of sp³-hybridized carbons (Fsp3) is 0.471. The average Bonchev–Trinajstić information content (AvgIpc) is 2.77. The van der Waals surface area contributed by atoms with Crippen molar-refractivity contribution in [2.24, 2.45) is 10.8 Å². The average molecular weight is 693 g/mol. The van der Waals surface area contributed by atoms with Crippen LogP contribution < -0.4 is 0 Å². The zero-order valence-electron chi connectivity index (χ0n) is 25.4. The maximum absolute atomic E-state index is 11.5. The molecule has 4 heteroatoms. The summed E-state index contributed by atoms with van der Waals surface area (Å²) in [4.78, 5) is 16.2. The third-order valence-electron chi connectivity index (χ3n) is 6.93. The zero-order valence-corrected chi connectivity index (χ0v) is 27.8. The normalized spacial score (nSPS) is 12.5. The van der Waals surface area contributed by atoms with Gasteiger partial charge in [-0.1, -0.05) is 94.4 Å². The molecule has 2 aromatic carbocycles. The molecule has 38 heavy (non-hydrogen) atoms. The number of benzene rings is 2. The van der Waals surface area contributed by atoms with Crippen molar-refractivity contribution in [3.63, 3.8) is 0 Å². The Morgan fingerprint density at radius 3 is 2.03 bits per heavy atom. The molecule has 0 saturated carbocycles. The van der Waals surface area contributed by atoms with Crippen LogP contribution in [-0.2, 0) is 30.3 Å². The van der Waals surface area contributed by atoms with Crippen LogP contribution in [0, 0.1) is 37.7 Å². The Morgan fingerprint density at radius 2 is 1.53 bits per heavy atom. The summed E-state index contributed by atoms with van der Waals surface area (Å²) in [5, 5.41) is 12.1.